The number of piperidine rings is 1. The molecule has 32 heavy (non-hydrogen) atoms. The summed E-state index contributed by atoms with van der Waals surface area (Å²) in [5, 5.41) is 13.3. The number of carbonyl (C=O) groups excluding carboxylic acids is 1. The Bertz CT molecular complexity index is 1110. The van der Waals surface area contributed by atoms with Crippen LogP contribution in [0.3, 0.4) is 0 Å². The molecule has 2 aliphatic heterocycles. The maximum Gasteiger partial charge on any atom is 0.406 e. The molecule has 8 nitrogen and oxygen atoms in total. The monoisotopic (exact) mass is 445 g/mol. The molecular formula is C21H22F3N7O. The van der Waals surface area contributed by atoms with Crippen molar-refractivity contribution in [3.8, 4) is 11.3 Å². The van der Waals surface area contributed by atoms with Gasteiger partial charge in [-0.05, 0) is 56.6 Å². The Morgan fingerprint density at radius 2 is 1.84 bits per heavy atom. The molecule has 11 heteroatoms. The Morgan fingerprint density at radius 1 is 1.03 bits per heavy atom. The molecule has 3 aromatic heterocycles. The van der Waals surface area contributed by atoms with Crippen molar-refractivity contribution in [3.05, 3.63) is 42.5 Å². The second-order valence-electron chi connectivity index (χ2n) is 8.28. The minimum absolute atomic E-state index is 0.112. The first kappa shape index (κ1) is 20.8. The van der Waals surface area contributed by atoms with Gasteiger partial charge in [-0.3, -0.25) is 14.7 Å². The molecule has 3 aromatic rings. The Balaban J connectivity index is 1.28. The Kier molecular flexibility index (Phi) is 5.28. The Labute approximate surface area is 182 Å². The van der Waals surface area contributed by atoms with E-state index in [0.29, 0.717) is 25.2 Å². The van der Waals surface area contributed by atoms with E-state index < -0.39 is 24.7 Å². The fraction of sp³-hybridized carbons (Fsp3) is 0.476. The van der Waals surface area contributed by atoms with E-state index >= 15 is 0 Å². The molecule has 0 aromatic carbocycles. The molecule has 1 unspecified atom stereocenters. The van der Waals surface area contributed by atoms with Crippen LogP contribution in [-0.4, -0.2) is 78.9 Å². The number of hydrogen-bond acceptors (Lipinski definition) is 6. The van der Waals surface area contributed by atoms with Gasteiger partial charge in [0.2, 0.25) is 5.91 Å². The number of carbonyl (C=O) groups is 1. The van der Waals surface area contributed by atoms with Crippen LogP contribution in [0, 0.1) is 0 Å². The third kappa shape index (κ3) is 4.04. The van der Waals surface area contributed by atoms with E-state index in [1.165, 1.54) is 0 Å². The van der Waals surface area contributed by atoms with Crippen LogP contribution in [-0.2, 0) is 4.79 Å². The van der Waals surface area contributed by atoms with Gasteiger partial charge in [-0.25, -0.2) is 0 Å². The zero-order valence-electron chi connectivity index (χ0n) is 17.2. The molecule has 0 N–H and O–H groups in total. The summed E-state index contributed by atoms with van der Waals surface area (Å²) < 4.78 is 39.8. The van der Waals surface area contributed by atoms with Crippen molar-refractivity contribution in [2.75, 3.05) is 26.2 Å². The summed E-state index contributed by atoms with van der Waals surface area (Å²) in [7, 11) is 0. The SMILES string of the molecule is O=C1C(N2CCC(c3nnc4ccc(-c5cccnc5)nn34)CC2)CCN1CC(F)(F)F. The van der Waals surface area contributed by atoms with E-state index in [4.69, 9.17) is 5.10 Å². The summed E-state index contributed by atoms with van der Waals surface area (Å²) in [6.45, 7) is 0.227. The average Bonchev–Trinajstić information content (AvgIpc) is 3.37. The van der Waals surface area contributed by atoms with Crippen molar-refractivity contribution in [3.63, 3.8) is 0 Å². The van der Waals surface area contributed by atoms with Crippen LogP contribution in [0.2, 0.25) is 0 Å². The highest BCUT2D eigenvalue weighted by atomic mass is 19.4. The summed E-state index contributed by atoms with van der Waals surface area (Å²) in [6.07, 6.45) is 0.998. The van der Waals surface area contributed by atoms with Crippen LogP contribution in [0.15, 0.2) is 36.7 Å². The fourth-order valence-electron chi connectivity index (χ4n) is 4.63. The van der Waals surface area contributed by atoms with Gasteiger partial charge in [0.1, 0.15) is 6.54 Å². The molecule has 2 saturated heterocycles. The maximum atomic E-state index is 12.7. The van der Waals surface area contributed by atoms with E-state index in [-0.39, 0.29) is 12.5 Å². The van der Waals surface area contributed by atoms with E-state index in [1.54, 1.807) is 16.9 Å². The number of alkyl halides is 3. The lowest BCUT2D eigenvalue weighted by atomic mass is 9.94. The van der Waals surface area contributed by atoms with Crippen molar-refractivity contribution in [2.24, 2.45) is 0 Å². The normalized spacial score (nSPS) is 21.0. The predicted octanol–water partition coefficient (Wildman–Crippen LogP) is 2.53. The summed E-state index contributed by atoms with van der Waals surface area (Å²) in [4.78, 5) is 19.6. The topological polar surface area (TPSA) is 79.5 Å². The molecule has 2 fully saturated rings. The number of nitrogens with zero attached hydrogens (tertiary/aromatic N) is 7. The number of likely N-dealkylation sites (tertiary alicyclic amines) is 2. The second kappa shape index (κ2) is 8.12. The number of aromatic nitrogens is 5. The minimum Gasteiger partial charge on any atom is -0.332 e. The zero-order valence-corrected chi connectivity index (χ0v) is 17.2. The van der Waals surface area contributed by atoms with E-state index in [0.717, 1.165) is 34.8 Å². The van der Waals surface area contributed by atoms with Gasteiger partial charge in [0.25, 0.3) is 0 Å². The van der Waals surface area contributed by atoms with Crippen molar-refractivity contribution >= 4 is 11.6 Å². The average molecular weight is 445 g/mol. The van der Waals surface area contributed by atoms with Crippen molar-refractivity contribution in [1.82, 2.24) is 34.6 Å². The summed E-state index contributed by atoms with van der Waals surface area (Å²) in [5.74, 6) is 0.457. The molecule has 168 valence electrons. The smallest absolute Gasteiger partial charge is 0.332 e. The molecule has 5 rings (SSSR count). The van der Waals surface area contributed by atoms with Crippen LogP contribution >= 0.6 is 0 Å². The predicted molar refractivity (Wildman–Crippen MR) is 109 cm³/mol. The van der Waals surface area contributed by atoms with Crippen LogP contribution in [0.5, 0.6) is 0 Å². The van der Waals surface area contributed by atoms with Crippen LogP contribution in [0.25, 0.3) is 16.9 Å². The molecule has 0 radical (unpaired) electrons. The van der Waals surface area contributed by atoms with E-state index in [2.05, 4.69) is 15.2 Å². The van der Waals surface area contributed by atoms with Crippen molar-refractivity contribution in [1.29, 1.82) is 0 Å². The third-order valence-electron chi connectivity index (χ3n) is 6.22. The molecule has 2 aliphatic rings. The first-order chi connectivity index (χ1) is 15.4. The number of fused-ring (bicyclic) bond motifs is 1. The highest BCUT2D eigenvalue weighted by molar-refractivity contribution is 5.84. The van der Waals surface area contributed by atoms with Gasteiger partial charge in [-0.2, -0.15) is 22.8 Å². The molecule has 0 saturated carbocycles. The summed E-state index contributed by atoms with van der Waals surface area (Å²) >= 11 is 0. The summed E-state index contributed by atoms with van der Waals surface area (Å²) in [5.41, 5.74) is 2.32. The highest BCUT2D eigenvalue weighted by Gasteiger charge is 2.42. The lowest BCUT2D eigenvalue weighted by molar-refractivity contribution is -0.159. The van der Waals surface area contributed by atoms with Gasteiger partial charge in [0.05, 0.1) is 11.7 Å². The quantitative estimate of drug-likeness (QED) is 0.614. The largest absolute Gasteiger partial charge is 0.406 e. The molecule has 0 bridgehead atoms. The van der Waals surface area contributed by atoms with E-state index in [9.17, 15) is 18.0 Å². The Morgan fingerprint density at radius 3 is 2.56 bits per heavy atom. The highest BCUT2D eigenvalue weighted by Crippen LogP contribution is 2.31. The lowest BCUT2D eigenvalue weighted by Gasteiger charge is -2.34. The molecule has 0 aliphatic carbocycles. The maximum absolute atomic E-state index is 12.7. The van der Waals surface area contributed by atoms with Crippen molar-refractivity contribution in [2.45, 2.75) is 37.4 Å². The standard InChI is InChI=1S/C21H22F3N7O/c22-21(23,24)13-30-11-7-17(20(30)32)29-9-5-14(6-10-29)19-27-26-18-4-3-16(28-31(18)19)15-2-1-8-25-12-15/h1-4,8,12,14,17H,5-7,9-11,13H2. The first-order valence-corrected chi connectivity index (χ1v) is 10.6. The summed E-state index contributed by atoms with van der Waals surface area (Å²) in [6, 6.07) is 7.07. The van der Waals surface area contributed by atoms with E-state index in [1.807, 2.05) is 29.2 Å². The van der Waals surface area contributed by atoms with Crippen molar-refractivity contribution < 1.29 is 18.0 Å². The molecular weight excluding hydrogens is 423 g/mol. The number of halogens is 3. The Hall–Kier alpha value is -3.08. The van der Waals surface area contributed by atoms with Gasteiger partial charge in [0.15, 0.2) is 11.5 Å². The second-order valence-corrected chi connectivity index (χ2v) is 8.28. The molecule has 1 amide bonds. The van der Waals surface area contributed by atoms with Gasteiger partial charge in [0, 0.05) is 30.4 Å². The van der Waals surface area contributed by atoms with Gasteiger partial charge in [-0.1, -0.05) is 0 Å². The van der Waals surface area contributed by atoms with Crippen LogP contribution in [0.4, 0.5) is 13.2 Å². The fourth-order valence-corrected chi connectivity index (χ4v) is 4.63. The van der Waals surface area contributed by atoms with Gasteiger partial charge < -0.3 is 4.90 Å². The first-order valence-electron chi connectivity index (χ1n) is 10.6. The lowest BCUT2D eigenvalue weighted by Crippen LogP contribution is -2.46. The molecule has 5 heterocycles. The molecule has 0 spiro atoms. The minimum atomic E-state index is -4.37. The number of rotatable bonds is 4. The van der Waals surface area contributed by atoms with Gasteiger partial charge >= 0.3 is 6.18 Å². The van der Waals surface area contributed by atoms with Crippen LogP contribution < -0.4 is 0 Å². The van der Waals surface area contributed by atoms with Gasteiger partial charge in [-0.15, -0.1) is 10.2 Å². The van der Waals surface area contributed by atoms with Crippen LogP contribution in [0.1, 0.15) is 31.0 Å². The molecule has 1 atom stereocenters. The number of pyridine rings is 1. The third-order valence-corrected chi connectivity index (χ3v) is 6.22. The number of amides is 1. The number of hydrogen-bond donors (Lipinski definition) is 0. The zero-order chi connectivity index (χ0) is 22.3.